The number of nitrogens with two attached hydrogens (primary N) is 1. The highest BCUT2D eigenvalue weighted by molar-refractivity contribution is 7.07. The molecule has 0 bridgehead atoms. The molecule has 2 aromatic heterocycles. The molecule has 1 unspecified atom stereocenters. The maximum Gasteiger partial charge on any atom is 0.416 e. The summed E-state index contributed by atoms with van der Waals surface area (Å²) in [6, 6.07) is 0.00764. The second-order valence-corrected chi connectivity index (χ2v) is 4.07. The second-order valence-electron chi connectivity index (χ2n) is 3.35. The minimum absolute atomic E-state index is 0.0640. The van der Waals surface area contributed by atoms with Crippen molar-refractivity contribution >= 4 is 11.3 Å². The number of halogens is 3. The fourth-order valence-corrected chi connectivity index (χ4v) is 2.04. The highest BCUT2D eigenvalue weighted by Crippen LogP contribution is 2.34. The van der Waals surface area contributed by atoms with Crippen LogP contribution < -0.4 is 5.73 Å². The van der Waals surface area contributed by atoms with Gasteiger partial charge in [0.2, 0.25) is 0 Å². The van der Waals surface area contributed by atoms with E-state index in [2.05, 4.69) is 9.97 Å². The number of hydrogen-bond acceptors (Lipinski definition) is 4. The first kappa shape index (κ1) is 12.0. The molecule has 2 N–H and O–H groups in total. The van der Waals surface area contributed by atoms with Crippen LogP contribution in [0.2, 0.25) is 0 Å². The molecular formula is C10H8F3N3S. The molecular weight excluding hydrogens is 251 g/mol. The number of nitrogens with zero attached hydrogens (tertiary/aromatic N) is 2. The Morgan fingerprint density at radius 3 is 2.71 bits per heavy atom. The number of rotatable bonds is 2. The van der Waals surface area contributed by atoms with E-state index in [1.165, 1.54) is 16.8 Å². The van der Waals surface area contributed by atoms with E-state index in [1.807, 2.05) is 0 Å². The maximum atomic E-state index is 12.7. The minimum Gasteiger partial charge on any atom is -0.319 e. The summed E-state index contributed by atoms with van der Waals surface area (Å²) >= 11 is 1.28. The van der Waals surface area contributed by atoms with E-state index in [4.69, 9.17) is 5.73 Å². The van der Waals surface area contributed by atoms with Gasteiger partial charge in [0.05, 0.1) is 22.8 Å². The summed E-state index contributed by atoms with van der Waals surface area (Å²) in [4.78, 5) is 7.60. The van der Waals surface area contributed by atoms with Crippen LogP contribution in [0, 0.1) is 0 Å². The largest absolute Gasteiger partial charge is 0.416 e. The zero-order valence-electron chi connectivity index (χ0n) is 8.48. The van der Waals surface area contributed by atoms with Crippen molar-refractivity contribution in [1.82, 2.24) is 9.97 Å². The molecule has 17 heavy (non-hydrogen) atoms. The van der Waals surface area contributed by atoms with Crippen molar-refractivity contribution < 1.29 is 13.2 Å². The molecule has 0 aliphatic heterocycles. The molecule has 7 heteroatoms. The number of thiazole rings is 1. The summed E-state index contributed by atoms with van der Waals surface area (Å²) in [5.74, 6) is 0. The molecule has 0 amide bonds. The summed E-state index contributed by atoms with van der Waals surface area (Å²) in [6.45, 7) is 0. The quantitative estimate of drug-likeness (QED) is 0.901. The first-order chi connectivity index (χ1) is 8.00. The smallest absolute Gasteiger partial charge is 0.319 e. The molecule has 2 heterocycles. The monoisotopic (exact) mass is 259 g/mol. The molecule has 0 spiro atoms. The Balaban J connectivity index is 2.46. The molecule has 0 saturated carbocycles. The Kier molecular flexibility index (Phi) is 3.12. The lowest BCUT2D eigenvalue weighted by Crippen LogP contribution is -2.19. The molecule has 0 fully saturated rings. The third kappa shape index (κ3) is 2.45. The van der Waals surface area contributed by atoms with Crippen LogP contribution in [0.3, 0.4) is 0 Å². The molecule has 0 radical (unpaired) electrons. The average Bonchev–Trinajstić information content (AvgIpc) is 2.80. The van der Waals surface area contributed by atoms with E-state index >= 15 is 0 Å². The summed E-state index contributed by atoms with van der Waals surface area (Å²) < 4.78 is 38.2. The van der Waals surface area contributed by atoms with E-state index in [-0.39, 0.29) is 5.56 Å². The van der Waals surface area contributed by atoms with Crippen molar-refractivity contribution in [2.75, 3.05) is 0 Å². The van der Waals surface area contributed by atoms with E-state index in [9.17, 15) is 13.2 Å². The van der Waals surface area contributed by atoms with E-state index in [1.54, 1.807) is 5.38 Å². The van der Waals surface area contributed by atoms with Crippen molar-refractivity contribution in [2.45, 2.75) is 12.2 Å². The molecule has 0 aliphatic rings. The Labute approximate surface area is 99.1 Å². The zero-order valence-corrected chi connectivity index (χ0v) is 9.29. The van der Waals surface area contributed by atoms with Crippen molar-refractivity contribution in [3.63, 3.8) is 0 Å². The van der Waals surface area contributed by atoms with Gasteiger partial charge in [-0.25, -0.2) is 4.98 Å². The minimum atomic E-state index is -4.44. The Hall–Kier alpha value is -1.47. The van der Waals surface area contributed by atoms with Crippen LogP contribution in [0.15, 0.2) is 29.4 Å². The Morgan fingerprint density at radius 1 is 1.35 bits per heavy atom. The van der Waals surface area contributed by atoms with Gasteiger partial charge in [0.1, 0.15) is 0 Å². The van der Waals surface area contributed by atoms with Gasteiger partial charge < -0.3 is 5.73 Å². The normalized spacial score (nSPS) is 13.6. The summed E-state index contributed by atoms with van der Waals surface area (Å²) in [6.07, 6.45) is -2.21. The third-order valence-electron chi connectivity index (χ3n) is 2.26. The average molecular weight is 259 g/mol. The van der Waals surface area contributed by atoms with Crippen LogP contribution in [-0.2, 0) is 6.18 Å². The first-order valence-electron chi connectivity index (χ1n) is 4.65. The number of hydrogen-bond donors (Lipinski definition) is 1. The zero-order chi connectivity index (χ0) is 12.5. The van der Waals surface area contributed by atoms with Crippen LogP contribution in [0.25, 0.3) is 0 Å². The summed E-state index contributed by atoms with van der Waals surface area (Å²) in [7, 11) is 0. The van der Waals surface area contributed by atoms with Crippen LogP contribution in [0.1, 0.15) is 22.9 Å². The van der Waals surface area contributed by atoms with Crippen molar-refractivity contribution in [1.29, 1.82) is 0 Å². The van der Waals surface area contributed by atoms with Gasteiger partial charge in [-0.15, -0.1) is 11.3 Å². The molecule has 0 saturated heterocycles. The molecule has 2 rings (SSSR count). The number of alkyl halides is 3. The molecule has 90 valence electrons. The van der Waals surface area contributed by atoms with Gasteiger partial charge in [-0.3, -0.25) is 4.98 Å². The lowest BCUT2D eigenvalue weighted by atomic mass is 10.0. The predicted molar refractivity (Wildman–Crippen MR) is 57.4 cm³/mol. The molecule has 1 atom stereocenters. The van der Waals surface area contributed by atoms with Gasteiger partial charge in [0.15, 0.2) is 0 Å². The highest BCUT2D eigenvalue weighted by Gasteiger charge is 2.35. The van der Waals surface area contributed by atoms with Crippen LogP contribution in [-0.4, -0.2) is 9.97 Å². The lowest BCUT2D eigenvalue weighted by Gasteiger charge is -2.16. The topological polar surface area (TPSA) is 51.8 Å². The first-order valence-corrected chi connectivity index (χ1v) is 5.59. The van der Waals surface area contributed by atoms with Gasteiger partial charge in [0.25, 0.3) is 0 Å². The van der Waals surface area contributed by atoms with Gasteiger partial charge in [-0.1, -0.05) is 0 Å². The second kappa shape index (κ2) is 4.42. The number of aromatic nitrogens is 2. The summed E-state index contributed by atoms with van der Waals surface area (Å²) in [5, 5.41) is 1.62. The summed E-state index contributed by atoms with van der Waals surface area (Å²) in [5.41, 5.74) is 6.87. The molecule has 0 aliphatic carbocycles. The van der Waals surface area contributed by atoms with Gasteiger partial charge in [-0.05, 0) is 6.07 Å². The van der Waals surface area contributed by atoms with Crippen LogP contribution in [0.4, 0.5) is 13.2 Å². The van der Waals surface area contributed by atoms with Crippen molar-refractivity contribution in [3.05, 3.63) is 46.2 Å². The Morgan fingerprint density at radius 2 is 2.12 bits per heavy atom. The predicted octanol–water partition coefficient (Wildman–Crippen LogP) is 2.61. The van der Waals surface area contributed by atoms with E-state index in [0.29, 0.717) is 5.69 Å². The van der Waals surface area contributed by atoms with Gasteiger partial charge in [-0.2, -0.15) is 13.2 Å². The van der Waals surface area contributed by atoms with Crippen LogP contribution in [0.5, 0.6) is 0 Å². The lowest BCUT2D eigenvalue weighted by molar-refractivity contribution is -0.138. The standard InChI is InChI=1S/C10H8F3N3S/c11-10(12,13)7-1-2-15-3-6(7)9(14)8-4-17-5-16-8/h1-5,9H,14H2. The maximum absolute atomic E-state index is 12.7. The molecule has 0 aromatic carbocycles. The van der Waals surface area contributed by atoms with Crippen molar-refractivity contribution in [2.24, 2.45) is 5.73 Å². The molecule has 2 aromatic rings. The Bertz CT molecular complexity index is 496. The fourth-order valence-electron chi connectivity index (χ4n) is 1.45. The number of pyridine rings is 1. The molecule has 3 nitrogen and oxygen atoms in total. The third-order valence-corrected chi connectivity index (χ3v) is 2.87. The van der Waals surface area contributed by atoms with E-state index in [0.717, 1.165) is 18.5 Å². The van der Waals surface area contributed by atoms with Crippen LogP contribution >= 0.6 is 11.3 Å². The van der Waals surface area contributed by atoms with E-state index < -0.39 is 17.8 Å². The SMILES string of the molecule is NC(c1cscn1)c1cnccc1C(F)(F)F. The van der Waals surface area contributed by atoms with Crippen molar-refractivity contribution in [3.8, 4) is 0 Å². The van der Waals surface area contributed by atoms with Gasteiger partial charge in [0, 0.05) is 23.3 Å². The fraction of sp³-hybridized carbons (Fsp3) is 0.200. The van der Waals surface area contributed by atoms with Gasteiger partial charge >= 0.3 is 6.18 Å². The highest BCUT2D eigenvalue weighted by atomic mass is 32.1.